The van der Waals surface area contributed by atoms with Crippen LogP contribution in [0.25, 0.3) is 0 Å². The van der Waals surface area contributed by atoms with Crippen molar-refractivity contribution in [2.45, 2.75) is 56.1 Å². The Labute approximate surface area is 103 Å². The lowest BCUT2D eigenvalue weighted by molar-refractivity contribution is 0.151. The van der Waals surface area contributed by atoms with Crippen LogP contribution in [0.1, 0.15) is 56.1 Å². The zero-order valence-electron chi connectivity index (χ0n) is 10.3. The molecule has 1 aromatic rings. The monoisotopic (exact) mass is 231 g/mol. The molecule has 0 amide bonds. The number of nitrogens with two attached hydrogens (primary N) is 1. The molecule has 0 spiro atoms. The van der Waals surface area contributed by atoms with Crippen molar-refractivity contribution < 1.29 is 5.11 Å². The fourth-order valence-electron chi connectivity index (χ4n) is 3.00. The predicted octanol–water partition coefficient (Wildman–Crippen LogP) is 2.79. The Morgan fingerprint density at radius 3 is 2.24 bits per heavy atom. The normalized spacial score (nSPS) is 25.5. The first-order chi connectivity index (χ1) is 8.12. The Balaban J connectivity index is 1.92. The number of hydrogen-bond acceptors (Lipinski definition) is 2. The van der Waals surface area contributed by atoms with Crippen LogP contribution in [0.2, 0.25) is 0 Å². The van der Waals surface area contributed by atoms with Gasteiger partial charge >= 0.3 is 0 Å². The van der Waals surface area contributed by atoms with Crippen LogP contribution in [0, 0.1) is 0 Å². The molecule has 0 saturated heterocycles. The van der Waals surface area contributed by atoms with Gasteiger partial charge in [0, 0.05) is 5.54 Å². The summed E-state index contributed by atoms with van der Waals surface area (Å²) in [5, 5.41) is 10.2. The molecule has 0 heterocycles. The molecule has 3 N–H and O–H groups in total. The van der Waals surface area contributed by atoms with Gasteiger partial charge in [0.05, 0.1) is 5.60 Å². The number of benzene rings is 1. The van der Waals surface area contributed by atoms with Crippen LogP contribution in [0.3, 0.4) is 0 Å². The molecule has 0 radical (unpaired) electrons. The summed E-state index contributed by atoms with van der Waals surface area (Å²) in [6, 6.07) is 8.34. The van der Waals surface area contributed by atoms with Crippen LogP contribution in [-0.2, 0) is 11.1 Å². The Bertz CT molecular complexity index is 417. The van der Waals surface area contributed by atoms with Crippen LogP contribution >= 0.6 is 0 Å². The van der Waals surface area contributed by atoms with Gasteiger partial charge in [-0.15, -0.1) is 0 Å². The van der Waals surface area contributed by atoms with Gasteiger partial charge in [0.1, 0.15) is 0 Å². The molecule has 0 bridgehead atoms. The summed E-state index contributed by atoms with van der Waals surface area (Å²) in [5.74, 6) is 0. The first-order valence-electron chi connectivity index (χ1n) is 6.75. The number of rotatable bonds is 2. The van der Waals surface area contributed by atoms with Crippen molar-refractivity contribution in [2.24, 2.45) is 5.73 Å². The molecule has 2 heteroatoms. The van der Waals surface area contributed by atoms with Crippen molar-refractivity contribution in [3.05, 3.63) is 35.4 Å². The van der Waals surface area contributed by atoms with Gasteiger partial charge in [-0.2, -0.15) is 0 Å². The van der Waals surface area contributed by atoms with Crippen molar-refractivity contribution >= 4 is 0 Å². The van der Waals surface area contributed by atoms with E-state index in [1.807, 2.05) is 12.1 Å². The van der Waals surface area contributed by atoms with Gasteiger partial charge in [-0.3, -0.25) is 0 Å². The highest BCUT2D eigenvalue weighted by Gasteiger charge is 2.42. The lowest BCUT2D eigenvalue weighted by Gasteiger charge is -2.34. The Morgan fingerprint density at radius 2 is 1.59 bits per heavy atom. The predicted molar refractivity (Wildman–Crippen MR) is 68.5 cm³/mol. The average molecular weight is 231 g/mol. The highest BCUT2D eigenvalue weighted by Crippen LogP contribution is 2.46. The SMILES string of the molecule is NC1(c2cccc(C3(O)CC3)c2)CCCCC1. The Hall–Kier alpha value is -0.860. The first kappa shape index (κ1) is 11.2. The molecule has 3 rings (SSSR count). The molecule has 2 fully saturated rings. The maximum Gasteiger partial charge on any atom is 0.0899 e. The third-order valence-electron chi connectivity index (χ3n) is 4.44. The fourth-order valence-corrected chi connectivity index (χ4v) is 3.00. The van der Waals surface area contributed by atoms with Crippen molar-refractivity contribution in [2.75, 3.05) is 0 Å². The fraction of sp³-hybridized carbons (Fsp3) is 0.600. The van der Waals surface area contributed by atoms with Crippen LogP contribution in [0.4, 0.5) is 0 Å². The molecule has 0 aromatic heterocycles. The molecule has 0 atom stereocenters. The smallest absolute Gasteiger partial charge is 0.0899 e. The van der Waals surface area contributed by atoms with Crippen LogP contribution in [-0.4, -0.2) is 5.11 Å². The van der Waals surface area contributed by atoms with Crippen molar-refractivity contribution in [3.63, 3.8) is 0 Å². The largest absolute Gasteiger partial charge is 0.385 e. The molecule has 0 unspecified atom stereocenters. The first-order valence-corrected chi connectivity index (χ1v) is 6.75. The Morgan fingerprint density at radius 1 is 0.941 bits per heavy atom. The van der Waals surface area contributed by atoms with E-state index in [-0.39, 0.29) is 5.54 Å². The second kappa shape index (κ2) is 3.82. The van der Waals surface area contributed by atoms with E-state index in [0.29, 0.717) is 0 Å². The van der Waals surface area contributed by atoms with E-state index in [1.54, 1.807) is 0 Å². The minimum absolute atomic E-state index is 0.153. The topological polar surface area (TPSA) is 46.2 Å². The maximum absolute atomic E-state index is 10.2. The van der Waals surface area contributed by atoms with Crippen molar-refractivity contribution in [1.82, 2.24) is 0 Å². The summed E-state index contributed by atoms with van der Waals surface area (Å²) >= 11 is 0. The number of aliphatic hydroxyl groups is 1. The van der Waals surface area contributed by atoms with E-state index < -0.39 is 5.60 Å². The highest BCUT2D eigenvalue weighted by molar-refractivity contribution is 5.35. The van der Waals surface area contributed by atoms with E-state index in [9.17, 15) is 5.11 Å². The number of hydrogen-bond donors (Lipinski definition) is 2. The van der Waals surface area contributed by atoms with Crippen molar-refractivity contribution in [3.8, 4) is 0 Å². The van der Waals surface area contributed by atoms with E-state index in [0.717, 1.165) is 31.2 Å². The summed E-state index contributed by atoms with van der Waals surface area (Å²) < 4.78 is 0. The summed E-state index contributed by atoms with van der Waals surface area (Å²) in [5.41, 5.74) is 8.12. The Kier molecular flexibility index (Phi) is 2.53. The lowest BCUT2D eigenvalue weighted by Crippen LogP contribution is -2.38. The summed E-state index contributed by atoms with van der Waals surface area (Å²) in [7, 11) is 0. The van der Waals surface area contributed by atoms with E-state index >= 15 is 0 Å². The van der Waals surface area contributed by atoms with Crippen molar-refractivity contribution in [1.29, 1.82) is 0 Å². The molecule has 2 aliphatic carbocycles. The van der Waals surface area contributed by atoms with E-state index in [4.69, 9.17) is 5.73 Å². The molecule has 2 nitrogen and oxygen atoms in total. The summed E-state index contributed by atoms with van der Waals surface area (Å²) in [6.07, 6.45) is 7.71. The molecule has 2 aliphatic rings. The second-order valence-electron chi connectivity index (χ2n) is 5.83. The van der Waals surface area contributed by atoms with E-state index in [2.05, 4.69) is 12.1 Å². The van der Waals surface area contributed by atoms with Gasteiger partial charge in [0.2, 0.25) is 0 Å². The third-order valence-corrected chi connectivity index (χ3v) is 4.44. The molecule has 92 valence electrons. The molecular weight excluding hydrogens is 210 g/mol. The van der Waals surface area contributed by atoms with Gasteiger partial charge in [-0.1, -0.05) is 43.5 Å². The minimum Gasteiger partial charge on any atom is -0.385 e. The molecule has 17 heavy (non-hydrogen) atoms. The zero-order valence-corrected chi connectivity index (χ0v) is 10.3. The molecule has 1 aromatic carbocycles. The van der Waals surface area contributed by atoms with Gasteiger partial charge in [-0.05, 0) is 36.8 Å². The molecule has 0 aliphatic heterocycles. The van der Waals surface area contributed by atoms with Gasteiger partial charge in [0.25, 0.3) is 0 Å². The van der Waals surface area contributed by atoms with Crippen LogP contribution in [0.15, 0.2) is 24.3 Å². The van der Waals surface area contributed by atoms with Gasteiger partial charge < -0.3 is 10.8 Å². The van der Waals surface area contributed by atoms with Gasteiger partial charge in [-0.25, -0.2) is 0 Å². The van der Waals surface area contributed by atoms with Crippen LogP contribution in [0.5, 0.6) is 0 Å². The molecular formula is C15H21NO. The maximum atomic E-state index is 10.2. The zero-order chi connectivity index (χ0) is 11.9. The standard InChI is InChI=1S/C15H21NO/c16-14(7-2-1-3-8-14)12-5-4-6-13(11-12)15(17)9-10-15/h4-6,11,17H,1-3,7-10,16H2. The quantitative estimate of drug-likeness (QED) is 0.822. The highest BCUT2D eigenvalue weighted by atomic mass is 16.3. The summed E-state index contributed by atoms with van der Waals surface area (Å²) in [6.45, 7) is 0. The van der Waals surface area contributed by atoms with Crippen LogP contribution < -0.4 is 5.73 Å². The lowest BCUT2D eigenvalue weighted by atomic mass is 9.77. The van der Waals surface area contributed by atoms with Gasteiger partial charge in [0.15, 0.2) is 0 Å². The second-order valence-corrected chi connectivity index (χ2v) is 5.83. The third kappa shape index (κ3) is 2.00. The van der Waals surface area contributed by atoms with E-state index in [1.165, 1.54) is 24.8 Å². The summed E-state index contributed by atoms with van der Waals surface area (Å²) in [4.78, 5) is 0. The minimum atomic E-state index is -0.541. The molecule has 2 saturated carbocycles. The average Bonchev–Trinajstić information content (AvgIpc) is 3.10.